The second-order valence-electron chi connectivity index (χ2n) is 4.44. The van der Waals surface area contributed by atoms with Gasteiger partial charge in [-0.25, -0.2) is 0 Å². The van der Waals surface area contributed by atoms with Crippen molar-refractivity contribution in [3.8, 4) is 0 Å². The van der Waals surface area contributed by atoms with Gasteiger partial charge in [0.1, 0.15) is 0 Å². The van der Waals surface area contributed by atoms with Crippen LogP contribution in [0.1, 0.15) is 32.1 Å². The van der Waals surface area contributed by atoms with Gasteiger partial charge in [0.2, 0.25) is 16.9 Å². The zero-order valence-electron chi connectivity index (χ0n) is 10.4. The Balaban J connectivity index is 1.72. The van der Waals surface area contributed by atoms with Crippen molar-refractivity contribution in [1.82, 2.24) is 15.5 Å². The van der Waals surface area contributed by atoms with Gasteiger partial charge in [-0.1, -0.05) is 42.4 Å². The largest absolute Gasteiger partial charge is 0.374 e. The third-order valence-electron chi connectivity index (χ3n) is 2.99. The molecular formula is C11H16N4O2S2. The number of carbonyl (C=O) groups is 2. The van der Waals surface area contributed by atoms with Crippen LogP contribution in [0.4, 0.5) is 5.13 Å². The Morgan fingerprint density at radius 3 is 2.68 bits per heavy atom. The highest BCUT2D eigenvalue weighted by molar-refractivity contribution is 8.01. The minimum atomic E-state index is -0.283. The number of aromatic nitrogens is 2. The minimum Gasteiger partial charge on any atom is -0.374 e. The number of imide groups is 1. The van der Waals surface area contributed by atoms with E-state index in [0.29, 0.717) is 9.47 Å². The molecule has 1 aliphatic rings. The van der Waals surface area contributed by atoms with E-state index in [-0.39, 0.29) is 23.5 Å². The van der Waals surface area contributed by atoms with Crippen LogP contribution in [0, 0.1) is 5.92 Å². The summed E-state index contributed by atoms with van der Waals surface area (Å²) in [6, 6.07) is 0. The van der Waals surface area contributed by atoms with Crippen LogP contribution in [0.3, 0.4) is 0 Å². The van der Waals surface area contributed by atoms with Crippen molar-refractivity contribution in [3.05, 3.63) is 0 Å². The van der Waals surface area contributed by atoms with E-state index in [2.05, 4.69) is 15.5 Å². The van der Waals surface area contributed by atoms with Gasteiger partial charge in [0, 0.05) is 5.92 Å². The Morgan fingerprint density at radius 2 is 2.05 bits per heavy atom. The normalized spacial score (nSPS) is 16.2. The third kappa shape index (κ3) is 4.46. The van der Waals surface area contributed by atoms with Gasteiger partial charge in [-0.05, 0) is 12.8 Å². The van der Waals surface area contributed by atoms with Gasteiger partial charge in [-0.2, -0.15) is 0 Å². The second-order valence-corrected chi connectivity index (χ2v) is 6.67. The van der Waals surface area contributed by atoms with E-state index in [4.69, 9.17) is 5.73 Å². The number of amides is 2. The fourth-order valence-corrected chi connectivity index (χ4v) is 3.48. The Bertz CT molecular complexity index is 457. The first-order chi connectivity index (χ1) is 9.15. The molecule has 1 aromatic rings. The number of nitrogens with two attached hydrogens (primary N) is 1. The van der Waals surface area contributed by atoms with Crippen LogP contribution in [-0.2, 0) is 9.59 Å². The summed E-state index contributed by atoms with van der Waals surface area (Å²) >= 11 is 2.47. The average molecular weight is 300 g/mol. The van der Waals surface area contributed by atoms with Crippen LogP contribution in [0.25, 0.3) is 0 Å². The molecule has 2 amide bonds. The van der Waals surface area contributed by atoms with E-state index in [1.807, 2.05) is 0 Å². The first-order valence-corrected chi connectivity index (χ1v) is 8.01. The van der Waals surface area contributed by atoms with Crippen molar-refractivity contribution < 1.29 is 9.59 Å². The van der Waals surface area contributed by atoms with Gasteiger partial charge in [0.15, 0.2) is 4.34 Å². The van der Waals surface area contributed by atoms with Crippen molar-refractivity contribution in [2.45, 2.75) is 36.4 Å². The molecule has 0 spiro atoms. The molecule has 0 bridgehead atoms. The monoisotopic (exact) mass is 300 g/mol. The lowest BCUT2D eigenvalue weighted by Crippen LogP contribution is -2.37. The molecule has 19 heavy (non-hydrogen) atoms. The molecule has 104 valence electrons. The summed E-state index contributed by atoms with van der Waals surface area (Å²) in [7, 11) is 0. The molecule has 6 nitrogen and oxygen atoms in total. The van der Waals surface area contributed by atoms with Gasteiger partial charge in [-0.15, -0.1) is 10.2 Å². The average Bonchev–Trinajstić information content (AvgIpc) is 2.83. The number of thioether (sulfide) groups is 1. The lowest BCUT2D eigenvalue weighted by atomic mass is 9.89. The van der Waals surface area contributed by atoms with Gasteiger partial charge < -0.3 is 5.73 Å². The summed E-state index contributed by atoms with van der Waals surface area (Å²) < 4.78 is 0.637. The van der Waals surface area contributed by atoms with Gasteiger partial charge >= 0.3 is 0 Å². The fraction of sp³-hybridized carbons (Fsp3) is 0.636. The van der Waals surface area contributed by atoms with Gasteiger partial charge in [-0.3, -0.25) is 14.9 Å². The zero-order valence-corrected chi connectivity index (χ0v) is 12.1. The fourth-order valence-electron chi connectivity index (χ4n) is 2.05. The maximum Gasteiger partial charge on any atom is 0.237 e. The molecule has 0 aromatic carbocycles. The molecule has 2 rings (SSSR count). The number of hydrogen-bond donors (Lipinski definition) is 2. The predicted octanol–water partition coefficient (Wildman–Crippen LogP) is 1.44. The number of nitrogen functional groups attached to an aromatic ring is 1. The lowest BCUT2D eigenvalue weighted by molar-refractivity contribution is -0.132. The molecule has 1 aliphatic carbocycles. The minimum absolute atomic E-state index is 0.000117. The standard InChI is InChI=1S/C11H16N4O2S2/c12-10-14-15-11(19-10)18-6-8(16)13-9(17)7-4-2-1-3-5-7/h7H,1-6H2,(H2,12,14)(H,13,16,17). The van der Waals surface area contributed by atoms with E-state index in [1.54, 1.807) is 0 Å². The van der Waals surface area contributed by atoms with Crippen molar-refractivity contribution in [2.75, 3.05) is 11.5 Å². The molecule has 0 radical (unpaired) electrons. The quantitative estimate of drug-likeness (QED) is 0.816. The van der Waals surface area contributed by atoms with E-state index >= 15 is 0 Å². The number of nitrogens with one attached hydrogen (secondary N) is 1. The summed E-state index contributed by atoms with van der Waals surface area (Å²) in [6.45, 7) is 0. The molecule has 1 saturated carbocycles. The highest BCUT2D eigenvalue weighted by Crippen LogP contribution is 2.24. The van der Waals surface area contributed by atoms with E-state index in [0.717, 1.165) is 25.7 Å². The lowest BCUT2D eigenvalue weighted by Gasteiger charge is -2.20. The molecule has 1 heterocycles. The Morgan fingerprint density at radius 1 is 1.32 bits per heavy atom. The van der Waals surface area contributed by atoms with Crippen LogP contribution in [0.5, 0.6) is 0 Å². The Hall–Kier alpha value is -1.15. The number of nitrogens with zero attached hydrogens (tertiary/aromatic N) is 2. The highest BCUT2D eigenvalue weighted by Gasteiger charge is 2.22. The summed E-state index contributed by atoms with van der Waals surface area (Å²) in [5, 5.41) is 10.3. The van der Waals surface area contributed by atoms with E-state index in [1.165, 1.54) is 29.5 Å². The van der Waals surface area contributed by atoms with Crippen LogP contribution in [0.2, 0.25) is 0 Å². The highest BCUT2D eigenvalue weighted by atomic mass is 32.2. The van der Waals surface area contributed by atoms with Crippen molar-refractivity contribution >= 4 is 40.0 Å². The maximum absolute atomic E-state index is 11.8. The topological polar surface area (TPSA) is 98.0 Å². The third-order valence-corrected chi connectivity index (χ3v) is 4.87. The zero-order chi connectivity index (χ0) is 13.7. The smallest absolute Gasteiger partial charge is 0.237 e. The van der Waals surface area contributed by atoms with Crippen LogP contribution in [-0.4, -0.2) is 27.8 Å². The van der Waals surface area contributed by atoms with E-state index < -0.39 is 0 Å². The van der Waals surface area contributed by atoms with Gasteiger partial charge in [0.25, 0.3) is 0 Å². The van der Waals surface area contributed by atoms with E-state index in [9.17, 15) is 9.59 Å². The molecule has 1 aromatic heterocycles. The number of rotatable bonds is 4. The number of anilines is 1. The molecule has 0 atom stereocenters. The molecule has 0 saturated heterocycles. The first-order valence-electron chi connectivity index (χ1n) is 6.20. The number of carbonyl (C=O) groups excluding carboxylic acids is 2. The van der Waals surface area contributed by atoms with Crippen molar-refractivity contribution in [3.63, 3.8) is 0 Å². The van der Waals surface area contributed by atoms with Crippen LogP contribution in [0.15, 0.2) is 4.34 Å². The molecule has 0 aliphatic heterocycles. The summed E-state index contributed by atoms with van der Waals surface area (Å²) in [5.41, 5.74) is 5.44. The molecular weight excluding hydrogens is 284 g/mol. The maximum atomic E-state index is 11.8. The van der Waals surface area contributed by atoms with Crippen LogP contribution < -0.4 is 11.1 Å². The predicted molar refractivity (Wildman–Crippen MR) is 74.8 cm³/mol. The summed E-state index contributed by atoms with van der Waals surface area (Å²) in [6.07, 6.45) is 5.11. The van der Waals surface area contributed by atoms with Crippen molar-refractivity contribution in [1.29, 1.82) is 0 Å². The SMILES string of the molecule is Nc1nnc(SCC(=O)NC(=O)C2CCCCC2)s1. The number of hydrogen-bond acceptors (Lipinski definition) is 7. The Kier molecular flexibility index (Phi) is 5.15. The first kappa shape index (κ1) is 14.3. The molecule has 1 fully saturated rings. The van der Waals surface area contributed by atoms with Crippen LogP contribution >= 0.6 is 23.1 Å². The summed E-state index contributed by atoms with van der Waals surface area (Å²) in [4.78, 5) is 23.5. The summed E-state index contributed by atoms with van der Waals surface area (Å²) in [5.74, 6) is -0.260. The molecule has 3 N–H and O–H groups in total. The molecule has 0 unspecified atom stereocenters. The Labute approximate surface area is 119 Å². The van der Waals surface area contributed by atoms with Gasteiger partial charge in [0.05, 0.1) is 5.75 Å². The second kappa shape index (κ2) is 6.85. The molecule has 8 heteroatoms. The van der Waals surface area contributed by atoms with Crippen molar-refractivity contribution in [2.24, 2.45) is 5.92 Å².